The van der Waals surface area contributed by atoms with Crippen LogP contribution in [0.3, 0.4) is 0 Å². The van der Waals surface area contributed by atoms with Crippen LogP contribution in [0.15, 0.2) is 72.8 Å². The highest BCUT2D eigenvalue weighted by molar-refractivity contribution is 6.01. The standard InChI is InChI=1S/C27H27F2N5O2/c1-4-27(2,3)30-26(36)25(20-9-5-6-10-21(20)29)34(19-15-13-18(28)14-16-19)24(35)17-33-23-12-8-7-11-22(23)31-32-33/h5-16,25H,4,17H2,1-3H3,(H,30,36)/t25-/m0/s1. The molecule has 0 aliphatic carbocycles. The van der Waals surface area contributed by atoms with Crippen molar-refractivity contribution in [2.45, 2.75) is 45.3 Å². The van der Waals surface area contributed by atoms with E-state index in [4.69, 9.17) is 0 Å². The molecule has 0 fully saturated rings. The van der Waals surface area contributed by atoms with Crippen LogP contribution in [0.25, 0.3) is 11.0 Å². The Morgan fingerprint density at radius 1 is 1.00 bits per heavy atom. The van der Waals surface area contributed by atoms with Gasteiger partial charge in [-0.1, -0.05) is 42.5 Å². The Morgan fingerprint density at radius 3 is 2.36 bits per heavy atom. The Hall–Kier alpha value is -4.14. The molecule has 0 unspecified atom stereocenters. The molecule has 3 aromatic carbocycles. The lowest BCUT2D eigenvalue weighted by Gasteiger charge is -2.34. The van der Waals surface area contributed by atoms with Gasteiger partial charge < -0.3 is 5.32 Å². The van der Waals surface area contributed by atoms with E-state index in [1.54, 1.807) is 24.3 Å². The third kappa shape index (κ3) is 5.25. The molecule has 0 bridgehead atoms. The number of aromatic nitrogens is 3. The summed E-state index contributed by atoms with van der Waals surface area (Å²) in [5.41, 5.74) is 0.877. The molecule has 0 spiro atoms. The van der Waals surface area contributed by atoms with Gasteiger partial charge in [0.1, 0.15) is 29.7 Å². The first-order valence-electron chi connectivity index (χ1n) is 11.6. The fraction of sp³-hybridized carbons (Fsp3) is 0.259. The maximum absolute atomic E-state index is 15.1. The van der Waals surface area contributed by atoms with E-state index in [1.165, 1.54) is 52.0 Å². The molecule has 186 valence electrons. The smallest absolute Gasteiger partial charge is 0.249 e. The van der Waals surface area contributed by atoms with Crippen LogP contribution in [-0.2, 0) is 16.1 Å². The van der Waals surface area contributed by atoms with E-state index >= 15 is 4.39 Å². The number of para-hydroxylation sites is 1. The average Bonchev–Trinajstić information content (AvgIpc) is 3.26. The SMILES string of the molecule is CCC(C)(C)NC(=O)[C@H](c1ccccc1F)N(C(=O)Cn1nnc2ccccc21)c1ccc(F)cc1. The van der Waals surface area contributed by atoms with Crippen LogP contribution in [0.2, 0.25) is 0 Å². The highest BCUT2D eigenvalue weighted by Crippen LogP contribution is 2.31. The van der Waals surface area contributed by atoms with Gasteiger partial charge in [-0.05, 0) is 62.7 Å². The third-order valence-corrected chi connectivity index (χ3v) is 6.13. The van der Waals surface area contributed by atoms with E-state index in [-0.39, 0.29) is 17.8 Å². The van der Waals surface area contributed by atoms with Crippen molar-refractivity contribution in [2.75, 3.05) is 4.90 Å². The van der Waals surface area contributed by atoms with E-state index in [1.807, 2.05) is 26.8 Å². The second-order valence-corrected chi connectivity index (χ2v) is 9.13. The number of halogens is 2. The molecular formula is C27H27F2N5O2. The zero-order valence-electron chi connectivity index (χ0n) is 20.3. The van der Waals surface area contributed by atoms with Crippen molar-refractivity contribution in [3.8, 4) is 0 Å². The molecule has 2 amide bonds. The summed E-state index contributed by atoms with van der Waals surface area (Å²) in [6, 6.07) is 16.7. The highest BCUT2D eigenvalue weighted by atomic mass is 19.1. The summed E-state index contributed by atoms with van der Waals surface area (Å²) in [5, 5.41) is 11.1. The zero-order chi connectivity index (χ0) is 25.9. The van der Waals surface area contributed by atoms with Crippen molar-refractivity contribution in [1.82, 2.24) is 20.3 Å². The second-order valence-electron chi connectivity index (χ2n) is 9.13. The Labute approximate surface area is 207 Å². The molecule has 0 saturated heterocycles. The quantitative estimate of drug-likeness (QED) is 0.384. The largest absolute Gasteiger partial charge is 0.349 e. The number of carbonyl (C=O) groups is 2. The van der Waals surface area contributed by atoms with Crippen molar-refractivity contribution in [2.24, 2.45) is 0 Å². The number of benzene rings is 3. The summed E-state index contributed by atoms with van der Waals surface area (Å²) >= 11 is 0. The summed E-state index contributed by atoms with van der Waals surface area (Å²) < 4.78 is 30.3. The van der Waals surface area contributed by atoms with Crippen LogP contribution < -0.4 is 10.2 Å². The molecule has 7 nitrogen and oxygen atoms in total. The number of anilines is 1. The average molecular weight is 492 g/mol. The minimum absolute atomic E-state index is 0.0167. The molecule has 0 aliphatic rings. The van der Waals surface area contributed by atoms with Gasteiger partial charge in [-0.3, -0.25) is 14.5 Å². The maximum atomic E-state index is 15.1. The van der Waals surface area contributed by atoms with Gasteiger partial charge in [0.2, 0.25) is 11.8 Å². The van der Waals surface area contributed by atoms with Gasteiger partial charge in [-0.25, -0.2) is 13.5 Å². The lowest BCUT2D eigenvalue weighted by atomic mass is 9.98. The van der Waals surface area contributed by atoms with E-state index in [2.05, 4.69) is 15.6 Å². The first-order valence-corrected chi connectivity index (χ1v) is 11.6. The second kappa shape index (κ2) is 10.2. The summed E-state index contributed by atoms with van der Waals surface area (Å²) in [7, 11) is 0. The molecule has 36 heavy (non-hydrogen) atoms. The lowest BCUT2D eigenvalue weighted by Crippen LogP contribution is -2.51. The van der Waals surface area contributed by atoms with Crippen LogP contribution in [0.4, 0.5) is 14.5 Å². The Morgan fingerprint density at radius 2 is 1.67 bits per heavy atom. The normalized spacial score (nSPS) is 12.4. The van der Waals surface area contributed by atoms with Gasteiger partial charge in [0.05, 0.1) is 5.52 Å². The predicted octanol–water partition coefficient (Wildman–Crippen LogP) is 4.79. The van der Waals surface area contributed by atoms with Crippen LogP contribution in [0.1, 0.15) is 38.8 Å². The maximum Gasteiger partial charge on any atom is 0.249 e. The molecular weight excluding hydrogens is 464 g/mol. The number of fused-ring (bicyclic) bond motifs is 1. The van der Waals surface area contributed by atoms with Crippen LogP contribution in [0, 0.1) is 11.6 Å². The molecule has 1 N–H and O–H groups in total. The first kappa shape index (κ1) is 25.0. The van der Waals surface area contributed by atoms with Crippen LogP contribution >= 0.6 is 0 Å². The van der Waals surface area contributed by atoms with Crippen molar-refractivity contribution in [1.29, 1.82) is 0 Å². The van der Waals surface area contributed by atoms with E-state index < -0.39 is 35.0 Å². The molecule has 9 heteroatoms. The number of rotatable bonds is 8. The fourth-order valence-electron chi connectivity index (χ4n) is 3.86. The van der Waals surface area contributed by atoms with Gasteiger partial charge in [0, 0.05) is 16.8 Å². The third-order valence-electron chi connectivity index (χ3n) is 6.13. The van der Waals surface area contributed by atoms with Gasteiger partial charge >= 0.3 is 0 Å². The Balaban J connectivity index is 1.83. The number of nitrogens with one attached hydrogen (secondary N) is 1. The van der Waals surface area contributed by atoms with Crippen molar-refractivity contribution < 1.29 is 18.4 Å². The molecule has 0 aliphatic heterocycles. The number of hydrogen-bond donors (Lipinski definition) is 1. The summed E-state index contributed by atoms with van der Waals surface area (Å²) in [6.07, 6.45) is 0.609. The van der Waals surface area contributed by atoms with E-state index in [0.717, 1.165) is 0 Å². The number of nitrogens with zero attached hydrogens (tertiary/aromatic N) is 4. The minimum Gasteiger partial charge on any atom is -0.349 e. The Kier molecular flexibility index (Phi) is 7.10. The molecule has 0 radical (unpaired) electrons. The van der Waals surface area contributed by atoms with Crippen molar-refractivity contribution in [3.05, 3.63) is 90.0 Å². The highest BCUT2D eigenvalue weighted by Gasteiger charge is 2.36. The monoisotopic (exact) mass is 491 g/mol. The summed E-state index contributed by atoms with van der Waals surface area (Å²) in [4.78, 5) is 28.7. The topological polar surface area (TPSA) is 80.1 Å². The minimum atomic E-state index is -1.36. The molecule has 1 atom stereocenters. The van der Waals surface area contributed by atoms with Gasteiger partial charge in [-0.15, -0.1) is 5.10 Å². The number of amides is 2. The lowest BCUT2D eigenvalue weighted by molar-refractivity contribution is -0.128. The summed E-state index contributed by atoms with van der Waals surface area (Å²) in [6.45, 7) is 5.33. The van der Waals surface area contributed by atoms with Crippen LogP contribution in [0.5, 0.6) is 0 Å². The van der Waals surface area contributed by atoms with Gasteiger partial charge in [0.25, 0.3) is 0 Å². The fourth-order valence-corrected chi connectivity index (χ4v) is 3.86. The Bertz CT molecular complexity index is 1380. The number of carbonyl (C=O) groups excluding carboxylic acids is 2. The van der Waals surface area contributed by atoms with E-state index in [9.17, 15) is 14.0 Å². The number of hydrogen-bond acceptors (Lipinski definition) is 4. The summed E-state index contributed by atoms with van der Waals surface area (Å²) in [5.74, 6) is -2.26. The van der Waals surface area contributed by atoms with E-state index in [0.29, 0.717) is 17.5 Å². The predicted molar refractivity (Wildman–Crippen MR) is 133 cm³/mol. The van der Waals surface area contributed by atoms with Gasteiger partial charge in [0.15, 0.2) is 0 Å². The molecule has 4 aromatic rings. The molecule has 1 aromatic heterocycles. The van der Waals surface area contributed by atoms with Gasteiger partial charge in [-0.2, -0.15) is 0 Å². The van der Waals surface area contributed by atoms with Crippen molar-refractivity contribution >= 4 is 28.5 Å². The first-order chi connectivity index (χ1) is 17.2. The molecule has 0 saturated carbocycles. The zero-order valence-corrected chi connectivity index (χ0v) is 20.3. The van der Waals surface area contributed by atoms with Crippen LogP contribution in [-0.4, -0.2) is 32.3 Å². The molecule has 4 rings (SSSR count). The van der Waals surface area contributed by atoms with Crippen molar-refractivity contribution in [3.63, 3.8) is 0 Å². The molecule has 1 heterocycles.